The van der Waals surface area contributed by atoms with Crippen molar-refractivity contribution < 1.29 is 19.1 Å². The van der Waals surface area contributed by atoms with Crippen LogP contribution in [0.3, 0.4) is 0 Å². The number of nitrogens with one attached hydrogen (secondary N) is 1. The Balaban J connectivity index is 1.26. The van der Waals surface area contributed by atoms with E-state index in [1.807, 2.05) is 68.6 Å². The molecule has 0 unspecified atom stereocenters. The molecule has 0 spiro atoms. The maximum Gasteiger partial charge on any atom is 0.410 e. The SMILES string of the molecule is COc1cccc(-n2c(-c3cccc(C(=O)NCCCCN4CCN(C(=O)OC(C)(C)C)CC4)c3)csc2=O)c1. The smallest absolute Gasteiger partial charge is 0.410 e. The van der Waals surface area contributed by atoms with Crippen molar-refractivity contribution in [1.29, 1.82) is 0 Å². The molecule has 2 heterocycles. The van der Waals surface area contributed by atoms with Crippen LogP contribution in [0.2, 0.25) is 0 Å². The Bertz CT molecular complexity index is 1370. The van der Waals surface area contributed by atoms with Crippen molar-refractivity contribution in [2.45, 2.75) is 39.2 Å². The van der Waals surface area contributed by atoms with Gasteiger partial charge in [0.15, 0.2) is 0 Å². The quantitative estimate of drug-likeness (QED) is 0.380. The van der Waals surface area contributed by atoms with Crippen LogP contribution in [0.15, 0.2) is 58.7 Å². The van der Waals surface area contributed by atoms with Crippen LogP contribution in [0.5, 0.6) is 5.75 Å². The number of hydrogen-bond acceptors (Lipinski definition) is 7. The molecule has 0 aliphatic carbocycles. The zero-order valence-corrected chi connectivity index (χ0v) is 24.5. The average molecular weight is 567 g/mol. The van der Waals surface area contributed by atoms with E-state index >= 15 is 0 Å². The highest BCUT2D eigenvalue weighted by Gasteiger charge is 2.25. The van der Waals surface area contributed by atoms with E-state index in [9.17, 15) is 14.4 Å². The summed E-state index contributed by atoms with van der Waals surface area (Å²) >= 11 is 1.12. The third-order valence-electron chi connectivity index (χ3n) is 6.64. The van der Waals surface area contributed by atoms with Crippen molar-refractivity contribution in [1.82, 2.24) is 19.7 Å². The van der Waals surface area contributed by atoms with Gasteiger partial charge in [-0.3, -0.25) is 19.1 Å². The van der Waals surface area contributed by atoms with Crippen LogP contribution < -0.4 is 14.9 Å². The molecule has 2 aromatic carbocycles. The zero-order chi connectivity index (χ0) is 28.7. The summed E-state index contributed by atoms with van der Waals surface area (Å²) in [6.07, 6.45) is 1.56. The highest BCUT2D eigenvalue weighted by atomic mass is 32.1. The summed E-state index contributed by atoms with van der Waals surface area (Å²) in [5.74, 6) is 0.524. The normalized spacial score (nSPS) is 14.2. The summed E-state index contributed by atoms with van der Waals surface area (Å²) in [7, 11) is 1.59. The maximum absolute atomic E-state index is 12.9. The number of carbonyl (C=O) groups excluding carboxylic acids is 2. The number of piperazine rings is 1. The summed E-state index contributed by atoms with van der Waals surface area (Å²) < 4.78 is 12.4. The lowest BCUT2D eigenvalue weighted by Gasteiger charge is -2.35. The van der Waals surface area contributed by atoms with Gasteiger partial charge in [0.2, 0.25) is 0 Å². The number of aromatic nitrogens is 1. The van der Waals surface area contributed by atoms with Gasteiger partial charge in [-0.2, -0.15) is 0 Å². The van der Waals surface area contributed by atoms with Crippen LogP contribution in [-0.4, -0.2) is 78.3 Å². The van der Waals surface area contributed by atoms with Gasteiger partial charge in [0.25, 0.3) is 5.91 Å². The Kier molecular flexibility index (Phi) is 9.65. The van der Waals surface area contributed by atoms with Gasteiger partial charge in [0, 0.05) is 55.3 Å². The summed E-state index contributed by atoms with van der Waals surface area (Å²) in [4.78, 5) is 41.8. The minimum absolute atomic E-state index is 0.107. The fourth-order valence-corrected chi connectivity index (χ4v) is 5.33. The molecular weight excluding hydrogens is 528 g/mol. The minimum atomic E-state index is -0.483. The number of unbranched alkanes of at least 4 members (excludes halogenated alkanes) is 1. The van der Waals surface area contributed by atoms with Crippen LogP contribution in [0.25, 0.3) is 16.9 Å². The van der Waals surface area contributed by atoms with E-state index in [-0.39, 0.29) is 16.9 Å². The fraction of sp³-hybridized carbons (Fsp3) is 0.433. The van der Waals surface area contributed by atoms with Gasteiger partial charge < -0.3 is 19.7 Å². The average Bonchev–Trinajstić information content (AvgIpc) is 3.33. The first-order valence-electron chi connectivity index (χ1n) is 13.6. The number of hydrogen-bond donors (Lipinski definition) is 1. The Morgan fingerprint density at radius 3 is 2.48 bits per heavy atom. The lowest BCUT2D eigenvalue weighted by atomic mass is 10.1. The topological polar surface area (TPSA) is 93.1 Å². The summed E-state index contributed by atoms with van der Waals surface area (Å²) in [5.41, 5.74) is 2.29. The molecular formula is C30H38N4O5S. The molecule has 214 valence electrons. The Morgan fingerprint density at radius 2 is 1.75 bits per heavy atom. The van der Waals surface area contributed by atoms with Gasteiger partial charge >= 0.3 is 11.0 Å². The van der Waals surface area contributed by atoms with E-state index in [4.69, 9.17) is 9.47 Å². The molecule has 1 aromatic heterocycles. The van der Waals surface area contributed by atoms with Crippen LogP contribution >= 0.6 is 11.3 Å². The summed E-state index contributed by atoms with van der Waals surface area (Å²) in [6, 6.07) is 14.7. The van der Waals surface area contributed by atoms with Crippen LogP contribution in [-0.2, 0) is 4.74 Å². The van der Waals surface area contributed by atoms with Crippen molar-refractivity contribution in [3.63, 3.8) is 0 Å². The third-order valence-corrected chi connectivity index (χ3v) is 7.36. The molecule has 1 aliphatic rings. The van der Waals surface area contributed by atoms with Crippen molar-refractivity contribution in [2.75, 3.05) is 46.4 Å². The first-order valence-corrected chi connectivity index (χ1v) is 14.5. The summed E-state index contributed by atoms with van der Waals surface area (Å²) in [5, 5.41) is 4.83. The molecule has 1 aliphatic heterocycles. The predicted molar refractivity (Wildman–Crippen MR) is 158 cm³/mol. The van der Waals surface area contributed by atoms with E-state index < -0.39 is 5.60 Å². The molecule has 2 amide bonds. The molecule has 10 heteroatoms. The zero-order valence-electron chi connectivity index (χ0n) is 23.6. The second-order valence-corrected chi connectivity index (χ2v) is 11.6. The lowest BCUT2D eigenvalue weighted by molar-refractivity contribution is 0.0144. The molecule has 40 heavy (non-hydrogen) atoms. The third kappa shape index (κ3) is 7.73. The van der Waals surface area contributed by atoms with Gasteiger partial charge in [0.05, 0.1) is 18.5 Å². The van der Waals surface area contributed by atoms with Gasteiger partial charge in [-0.05, 0) is 64.4 Å². The number of carbonyl (C=O) groups is 2. The second-order valence-electron chi connectivity index (χ2n) is 10.8. The molecule has 0 radical (unpaired) electrons. The van der Waals surface area contributed by atoms with E-state index in [0.29, 0.717) is 36.6 Å². The van der Waals surface area contributed by atoms with Crippen molar-refractivity contribution >= 4 is 23.3 Å². The van der Waals surface area contributed by atoms with E-state index in [1.165, 1.54) is 0 Å². The lowest BCUT2D eigenvalue weighted by Crippen LogP contribution is -2.50. The van der Waals surface area contributed by atoms with Gasteiger partial charge in [-0.1, -0.05) is 29.5 Å². The number of amides is 2. The predicted octanol–water partition coefficient (Wildman–Crippen LogP) is 4.64. The number of methoxy groups -OCH3 is 1. The highest BCUT2D eigenvalue weighted by Crippen LogP contribution is 2.26. The first-order chi connectivity index (χ1) is 19.1. The number of thiazole rings is 1. The van der Waals surface area contributed by atoms with E-state index in [2.05, 4.69) is 10.2 Å². The monoisotopic (exact) mass is 566 g/mol. The largest absolute Gasteiger partial charge is 0.497 e. The molecule has 3 aromatic rings. The number of nitrogens with zero attached hydrogens (tertiary/aromatic N) is 3. The minimum Gasteiger partial charge on any atom is -0.497 e. The van der Waals surface area contributed by atoms with Crippen molar-refractivity contribution in [3.05, 3.63) is 69.1 Å². The Hall–Kier alpha value is -3.63. The van der Waals surface area contributed by atoms with Gasteiger partial charge in [0.1, 0.15) is 11.4 Å². The molecule has 0 saturated carbocycles. The molecule has 9 nitrogen and oxygen atoms in total. The standard InChI is InChI=1S/C30H38N4O5S/c1-30(2,3)39-28(36)33-17-15-32(16-18-33)14-6-5-13-31-27(35)23-10-7-9-22(19-23)26-21-40-29(37)34(26)24-11-8-12-25(20-24)38-4/h7-12,19-21H,5-6,13-18H2,1-4H3,(H,31,35). The summed E-state index contributed by atoms with van der Waals surface area (Å²) in [6.45, 7) is 10.1. The van der Waals surface area contributed by atoms with Crippen LogP contribution in [0.1, 0.15) is 44.0 Å². The van der Waals surface area contributed by atoms with Gasteiger partial charge in [-0.15, -0.1) is 0 Å². The molecule has 1 saturated heterocycles. The van der Waals surface area contributed by atoms with Crippen molar-refractivity contribution in [2.24, 2.45) is 0 Å². The highest BCUT2D eigenvalue weighted by molar-refractivity contribution is 7.07. The second kappa shape index (κ2) is 13.1. The van der Waals surface area contributed by atoms with Crippen LogP contribution in [0.4, 0.5) is 4.79 Å². The van der Waals surface area contributed by atoms with Crippen LogP contribution in [0, 0.1) is 0 Å². The first kappa shape index (κ1) is 29.4. The molecule has 1 fully saturated rings. The number of ether oxygens (including phenoxy) is 2. The van der Waals surface area contributed by atoms with Gasteiger partial charge in [-0.25, -0.2) is 4.79 Å². The molecule has 0 atom stereocenters. The number of rotatable bonds is 9. The Labute approximate surface area is 239 Å². The fourth-order valence-electron chi connectivity index (χ4n) is 4.57. The van der Waals surface area contributed by atoms with E-state index in [0.717, 1.165) is 55.1 Å². The maximum atomic E-state index is 12.9. The molecule has 0 bridgehead atoms. The number of benzene rings is 2. The van der Waals surface area contributed by atoms with E-state index in [1.54, 1.807) is 22.6 Å². The molecule has 1 N–H and O–H groups in total. The molecule has 4 rings (SSSR count). The Morgan fingerprint density at radius 1 is 1.00 bits per heavy atom. The van der Waals surface area contributed by atoms with Crippen molar-refractivity contribution in [3.8, 4) is 22.7 Å².